The molecule has 0 aliphatic carbocycles. The molecule has 0 unspecified atom stereocenters. The third-order valence-electron chi connectivity index (χ3n) is 4.48. The highest BCUT2D eigenvalue weighted by molar-refractivity contribution is 5.81. The van der Waals surface area contributed by atoms with E-state index >= 15 is 0 Å². The van der Waals surface area contributed by atoms with Gasteiger partial charge in [0.25, 0.3) is 0 Å². The second-order valence-corrected chi connectivity index (χ2v) is 7.55. The van der Waals surface area contributed by atoms with Crippen LogP contribution in [0, 0.1) is 11.3 Å². The number of amides is 1. The molecular formula is C18H25N5O. The topological polar surface area (TPSA) is 74.8 Å². The van der Waals surface area contributed by atoms with Crippen LogP contribution in [0.5, 0.6) is 0 Å². The van der Waals surface area contributed by atoms with Crippen molar-refractivity contribution in [3.05, 3.63) is 30.5 Å². The van der Waals surface area contributed by atoms with Crippen molar-refractivity contribution >= 4 is 5.91 Å². The summed E-state index contributed by atoms with van der Waals surface area (Å²) in [5, 5.41) is 6.83. The molecule has 0 spiro atoms. The number of likely N-dealkylation sites (tertiary alicyclic amines) is 1. The first-order valence-corrected chi connectivity index (χ1v) is 8.53. The van der Waals surface area contributed by atoms with Crippen molar-refractivity contribution in [3.63, 3.8) is 0 Å². The Kier molecular flexibility index (Phi) is 4.64. The van der Waals surface area contributed by atoms with Gasteiger partial charge in [-0.3, -0.25) is 19.9 Å². The quantitative estimate of drug-likeness (QED) is 0.940. The van der Waals surface area contributed by atoms with Crippen LogP contribution >= 0.6 is 0 Å². The summed E-state index contributed by atoms with van der Waals surface area (Å²) in [7, 11) is 0. The summed E-state index contributed by atoms with van der Waals surface area (Å²) in [4.78, 5) is 23.6. The maximum Gasteiger partial charge on any atom is 0.227 e. The summed E-state index contributed by atoms with van der Waals surface area (Å²) in [5.41, 5.74) is 2.49. The minimum absolute atomic E-state index is 0.237. The minimum atomic E-state index is -0.323. The molecule has 3 rings (SSSR count). The molecule has 1 N–H and O–H groups in total. The summed E-state index contributed by atoms with van der Waals surface area (Å²) in [6, 6.07) is 0. The number of hydrogen-bond acceptors (Lipinski definition) is 4. The number of aromatic nitrogens is 4. The summed E-state index contributed by atoms with van der Waals surface area (Å²) in [6.07, 6.45) is 10.1. The fourth-order valence-corrected chi connectivity index (χ4v) is 3.30. The molecule has 2 aromatic rings. The highest BCUT2D eigenvalue weighted by atomic mass is 16.2. The van der Waals surface area contributed by atoms with Crippen molar-refractivity contribution in [2.45, 2.75) is 40.0 Å². The van der Waals surface area contributed by atoms with Gasteiger partial charge >= 0.3 is 0 Å². The molecule has 1 aliphatic rings. The molecule has 1 amide bonds. The van der Waals surface area contributed by atoms with Gasteiger partial charge in [0, 0.05) is 42.7 Å². The van der Waals surface area contributed by atoms with Gasteiger partial charge in [0.15, 0.2) is 0 Å². The van der Waals surface area contributed by atoms with Crippen LogP contribution in [0.3, 0.4) is 0 Å². The molecule has 0 saturated carbocycles. The number of nitrogens with zero attached hydrogens (tertiary/aromatic N) is 4. The number of piperidine rings is 1. The summed E-state index contributed by atoms with van der Waals surface area (Å²) in [5.74, 6) is 0.661. The van der Waals surface area contributed by atoms with Gasteiger partial charge in [0.05, 0.1) is 17.6 Å². The Labute approximate surface area is 142 Å². The van der Waals surface area contributed by atoms with Crippen molar-refractivity contribution in [1.29, 1.82) is 0 Å². The van der Waals surface area contributed by atoms with E-state index in [-0.39, 0.29) is 11.3 Å². The first-order valence-electron chi connectivity index (χ1n) is 8.53. The Morgan fingerprint density at radius 3 is 2.83 bits per heavy atom. The number of nitrogens with one attached hydrogen (secondary N) is 1. The normalized spacial score (nSPS) is 18.6. The lowest BCUT2D eigenvalue weighted by Crippen LogP contribution is -2.45. The Bertz CT molecular complexity index is 690. The number of aromatic amines is 1. The zero-order chi connectivity index (χ0) is 17.2. The van der Waals surface area contributed by atoms with Crippen LogP contribution in [0.25, 0.3) is 11.3 Å². The van der Waals surface area contributed by atoms with Gasteiger partial charge in [0.1, 0.15) is 0 Å². The lowest BCUT2D eigenvalue weighted by Gasteiger charge is -2.36. The van der Waals surface area contributed by atoms with Gasteiger partial charge in [-0.1, -0.05) is 20.8 Å². The molecule has 1 aliphatic heterocycles. The van der Waals surface area contributed by atoms with Gasteiger partial charge in [-0.05, 0) is 25.2 Å². The van der Waals surface area contributed by atoms with E-state index in [2.05, 4.69) is 20.2 Å². The minimum Gasteiger partial charge on any atom is -0.342 e. The number of carbonyl (C=O) groups excluding carboxylic acids is 1. The third-order valence-corrected chi connectivity index (χ3v) is 4.48. The van der Waals surface area contributed by atoms with Gasteiger partial charge in [-0.25, -0.2) is 0 Å². The van der Waals surface area contributed by atoms with E-state index in [9.17, 15) is 4.79 Å². The molecule has 24 heavy (non-hydrogen) atoms. The molecule has 1 saturated heterocycles. The van der Waals surface area contributed by atoms with Crippen molar-refractivity contribution in [2.24, 2.45) is 11.3 Å². The predicted octanol–water partition coefficient (Wildman–Crippen LogP) is 2.69. The fraction of sp³-hybridized carbons (Fsp3) is 0.556. The predicted molar refractivity (Wildman–Crippen MR) is 92.1 cm³/mol. The van der Waals surface area contributed by atoms with Gasteiger partial charge in [-0.15, -0.1) is 0 Å². The van der Waals surface area contributed by atoms with Crippen molar-refractivity contribution in [1.82, 2.24) is 25.1 Å². The van der Waals surface area contributed by atoms with Crippen LogP contribution in [-0.2, 0) is 11.2 Å². The van der Waals surface area contributed by atoms with Gasteiger partial charge < -0.3 is 4.90 Å². The van der Waals surface area contributed by atoms with Gasteiger partial charge in [0.2, 0.25) is 5.91 Å². The number of H-pyrrole nitrogens is 1. The van der Waals surface area contributed by atoms with E-state index in [1.807, 2.05) is 31.9 Å². The summed E-state index contributed by atoms with van der Waals surface area (Å²) < 4.78 is 0. The largest absolute Gasteiger partial charge is 0.342 e. The molecule has 1 fully saturated rings. The molecule has 6 heteroatoms. The molecule has 2 aromatic heterocycles. The molecule has 3 heterocycles. The molecule has 128 valence electrons. The van der Waals surface area contributed by atoms with Crippen LogP contribution in [0.2, 0.25) is 0 Å². The van der Waals surface area contributed by atoms with E-state index < -0.39 is 0 Å². The van der Waals surface area contributed by atoms with Crippen LogP contribution < -0.4 is 0 Å². The Balaban J connectivity index is 1.74. The second kappa shape index (κ2) is 6.71. The average Bonchev–Trinajstić information content (AvgIpc) is 3.08. The first kappa shape index (κ1) is 16.6. The molecule has 1 atom stereocenters. The zero-order valence-electron chi connectivity index (χ0n) is 14.6. The molecule has 0 aromatic carbocycles. The van der Waals surface area contributed by atoms with Crippen LogP contribution in [-0.4, -0.2) is 44.1 Å². The van der Waals surface area contributed by atoms with E-state index in [1.54, 1.807) is 18.6 Å². The SMILES string of the molecule is CC(C)(C)C(=O)N1CCC[C@H](Cc2nccnc2-c2cn[nH]c2)C1. The average molecular weight is 327 g/mol. The van der Waals surface area contributed by atoms with Crippen molar-refractivity contribution in [3.8, 4) is 11.3 Å². The maximum absolute atomic E-state index is 12.6. The third kappa shape index (κ3) is 3.63. The standard InChI is InChI=1S/C18H25N5O/c1-18(2,3)17(24)23-8-4-5-13(12-23)9-15-16(20-7-6-19-15)14-10-21-22-11-14/h6-7,10-11,13H,4-5,8-9,12H2,1-3H3,(H,21,22)/t13-/m1/s1. The fourth-order valence-electron chi connectivity index (χ4n) is 3.30. The Hall–Kier alpha value is -2.24. The second-order valence-electron chi connectivity index (χ2n) is 7.55. The smallest absolute Gasteiger partial charge is 0.227 e. The van der Waals surface area contributed by atoms with E-state index in [0.717, 1.165) is 49.3 Å². The highest BCUT2D eigenvalue weighted by Gasteiger charge is 2.31. The lowest BCUT2D eigenvalue weighted by molar-refractivity contribution is -0.141. The van der Waals surface area contributed by atoms with Crippen LogP contribution in [0.4, 0.5) is 0 Å². The zero-order valence-corrected chi connectivity index (χ0v) is 14.6. The lowest BCUT2D eigenvalue weighted by atomic mass is 9.89. The van der Waals surface area contributed by atoms with Crippen molar-refractivity contribution in [2.75, 3.05) is 13.1 Å². The van der Waals surface area contributed by atoms with E-state index in [0.29, 0.717) is 5.92 Å². The first-order chi connectivity index (χ1) is 11.4. The monoisotopic (exact) mass is 327 g/mol. The molecule has 6 nitrogen and oxygen atoms in total. The number of rotatable bonds is 3. The number of hydrogen-bond donors (Lipinski definition) is 1. The van der Waals surface area contributed by atoms with Crippen LogP contribution in [0.1, 0.15) is 39.3 Å². The van der Waals surface area contributed by atoms with E-state index in [4.69, 9.17) is 0 Å². The van der Waals surface area contributed by atoms with E-state index in [1.165, 1.54) is 0 Å². The Morgan fingerprint density at radius 2 is 2.12 bits per heavy atom. The van der Waals surface area contributed by atoms with Gasteiger partial charge in [-0.2, -0.15) is 5.10 Å². The number of carbonyl (C=O) groups is 1. The Morgan fingerprint density at radius 1 is 1.33 bits per heavy atom. The maximum atomic E-state index is 12.6. The molecule has 0 radical (unpaired) electrons. The summed E-state index contributed by atoms with van der Waals surface area (Å²) in [6.45, 7) is 7.62. The molecular weight excluding hydrogens is 302 g/mol. The summed E-state index contributed by atoms with van der Waals surface area (Å²) >= 11 is 0. The molecule has 0 bridgehead atoms. The highest BCUT2D eigenvalue weighted by Crippen LogP contribution is 2.27. The van der Waals surface area contributed by atoms with Crippen LogP contribution in [0.15, 0.2) is 24.8 Å². The van der Waals surface area contributed by atoms with Crippen molar-refractivity contribution < 1.29 is 4.79 Å².